The average molecular weight is 277 g/mol. The first-order valence-corrected chi connectivity index (χ1v) is 6.61. The summed E-state index contributed by atoms with van der Waals surface area (Å²) in [6.45, 7) is 5.41. The van der Waals surface area contributed by atoms with Crippen LogP contribution in [0.4, 0.5) is 5.69 Å². The van der Waals surface area contributed by atoms with Crippen molar-refractivity contribution in [3.05, 3.63) is 39.4 Å². The first-order chi connectivity index (χ1) is 9.38. The number of nitrogens with two attached hydrogens (primary N) is 1. The van der Waals surface area contributed by atoms with Crippen molar-refractivity contribution in [1.82, 2.24) is 4.90 Å². The summed E-state index contributed by atoms with van der Waals surface area (Å²) in [5.41, 5.74) is 6.34. The number of nitro benzene ring substituents is 1. The van der Waals surface area contributed by atoms with Crippen molar-refractivity contribution in [3.8, 4) is 0 Å². The van der Waals surface area contributed by atoms with Crippen LogP contribution >= 0.6 is 0 Å². The van der Waals surface area contributed by atoms with E-state index in [4.69, 9.17) is 5.73 Å². The Morgan fingerprint density at radius 1 is 1.55 bits per heavy atom. The molecule has 20 heavy (non-hydrogen) atoms. The molecular weight excluding hydrogens is 258 g/mol. The van der Waals surface area contributed by atoms with Crippen LogP contribution in [0.1, 0.15) is 29.3 Å². The second kappa shape index (κ2) is 5.20. The Labute approximate surface area is 117 Å². The normalized spacial score (nSPS) is 22.1. The van der Waals surface area contributed by atoms with Crippen LogP contribution in [0.25, 0.3) is 0 Å². The van der Waals surface area contributed by atoms with Gasteiger partial charge in [0.25, 0.3) is 11.6 Å². The molecule has 1 saturated heterocycles. The SMILES string of the molecule is Cc1cccc([N+](=O)[O-])c1C(=O)N1CCC(C)(CN)C1. The fraction of sp³-hybridized carbons (Fsp3) is 0.500. The number of carbonyl (C=O) groups excluding carboxylic acids is 1. The molecular formula is C14H19N3O3. The van der Waals surface area contributed by atoms with E-state index in [0.29, 0.717) is 25.2 Å². The topological polar surface area (TPSA) is 89.5 Å². The Bertz CT molecular complexity index is 559. The number of hydrogen-bond acceptors (Lipinski definition) is 4. The summed E-state index contributed by atoms with van der Waals surface area (Å²) >= 11 is 0. The van der Waals surface area contributed by atoms with Gasteiger partial charge >= 0.3 is 0 Å². The van der Waals surface area contributed by atoms with E-state index in [1.165, 1.54) is 6.07 Å². The molecule has 1 aliphatic heterocycles. The summed E-state index contributed by atoms with van der Waals surface area (Å²) in [5, 5.41) is 11.1. The van der Waals surface area contributed by atoms with Gasteiger partial charge in [-0.15, -0.1) is 0 Å². The molecule has 0 radical (unpaired) electrons. The summed E-state index contributed by atoms with van der Waals surface area (Å²) in [7, 11) is 0. The Balaban J connectivity index is 2.33. The largest absolute Gasteiger partial charge is 0.338 e. The van der Waals surface area contributed by atoms with Crippen LogP contribution in [0.15, 0.2) is 18.2 Å². The number of nitro groups is 1. The highest BCUT2D eigenvalue weighted by atomic mass is 16.6. The van der Waals surface area contributed by atoms with Gasteiger partial charge in [0, 0.05) is 19.2 Å². The minimum atomic E-state index is -0.502. The number of hydrogen-bond donors (Lipinski definition) is 1. The Hall–Kier alpha value is -1.95. The summed E-state index contributed by atoms with van der Waals surface area (Å²) in [4.78, 5) is 24.8. The van der Waals surface area contributed by atoms with Crippen LogP contribution in [0, 0.1) is 22.5 Å². The Morgan fingerprint density at radius 2 is 2.25 bits per heavy atom. The fourth-order valence-corrected chi connectivity index (χ4v) is 2.60. The number of likely N-dealkylation sites (tertiary alicyclic amines) is 1. The van der Waals surface area contributed by atoms with Gasteiger partial charge in [-0.1, -0.05) is 19.1 Å². The summed E-state index contributed by atoms with van der Waals surface area (Å²) < 4.78 is 0. The lowest BCUT2D eigenvalue weighted by Gasteiger charge is -2.23. The van der Waals surface area contributed by atoms with E-state index < -0.39 is 4.92 Å². The number of rotatable bonds is 3. The van der Waals surface area contributed by atoms with Crippen molar-refractivity contribution in [1.29, 1.82) is 0 Å². The molecule has 1 aliphatic rings. The van der Waals surface area contributed by atoms with Gasteiger partial charge in [-0.3, -0.25) is 14.9 Å². The van der Waals surface area contributed by atoms with Crippen molar-refractivity contribution in [2.45, 2.75) is 20.3 Å². The number of benzene rings is 1. The van der Waals surface area contributed by atoms with Crippen molar-refractivity contribution in [3.63, 3.8) is 0 Å². The van der Waals surface area contributed by atoms with Gasteiger partial charge in [0.1, 0.15) is 5.56 Å². The standard InChI is InChI=1S/C14H19N3O3/c1-10-4-3-5-11(17(19)20)12(10)13(18)16-7-6-14(2,8-15)9-16/h3-5H,6-9,15H2,1-2H3. The van der Waals surface area contributed by atoms with Crippen LogP contribution in [-0.2, 0) is 0 Å². The van der Waals surface area contributed by atoms with Crippen LogP contribution in [0.3, 0.4) is 0 Å². The Kier molecular flexibility index (Phi) is 3.76. The molecule has 0 aliphatic carbocycles. The highest BCUT2D eigenvalue weighted by molar-refractivity contribution is 5.99. The third-order valence-electron chi connectivity index (χ3n) is 4.00. The second-order valence-electron chi connectivity index (χ2n) is 5.72. The van der Waals surface area contributed by atoms with Crippen LogP contribution in [0.2, 0.25) is 0 Å². The molecule has 0 spiro atoms. The minimum absolute atomic E-state index is 0.0902. The second-order valence-corrected chi connectivity index (χ2v) is 5.72. The van der Waals surface area contributed by atoms with Gasteiger partial charge in [0.15, 0.2) is 0 Å². The molecule has 1 amide bonds. The molecule has 6 nitrogen and oxygen atoms in total. The van der Waals surface area contributed by atoms with E-state index in [1.807, 2.05) is 6.92 Å². The van der Waals surface area contributed by atoms with Crippen molar-refractivity contribution in [2.75, 3.05) is 19.6 Å². The molecule has 1 fully saturated rings. The van der Waals surface area contributed by atoms with Crippen LogP contribution in [0.5, 0.6) is 0 Å². The maximum Gasteiger partial charge on any atom is 0.282 e. The van der Waals surface area contributed by atoms with E-state index in [1.54, 1.807) is 24.0 Å². The molecule has 6 heteroatoms. The average Bonchev–Trinajstić information content (AvgIpc) is 2.81. The summed E-state index contributed by atoms with van der Waals surface area (Å²) in [6.07, 6.45) is 0.828. The quantitative estimate of drug-likeness (QED) is 0.672. The first kappa shape index (κ1) is 14.5. The number of carbonyl (C=O) groups is 1. The van der Waals surface area contributed by atoms with Crippen molar-refractivity contribution < 1.29 is 9.72 Å². The molecule has 1 atom stereocenters. The lowest BCUT2D eigenvalue weighted by atomic mass is 9.90. The van der Waals surface area contributed by atoms with E-state index in [2.05, 4.69) is 0 Å². The van der Waals surface area contributed by atoms with Crippen LogP contribution < -0.4 is 5.73 Å². The highest BCUT2D eigenvalue weighted by Gasteiger charge is 2.37. The summed E-state index contributed by atoms with van der Waals surface area (Å²) in [5.74, 6) is -0.271. The number of aryl methyl sites for hydroxylation is 1. The lowest BCUT2D eigenvalue weighted by molar-refractivity contribution is -0.385. The zero-order valence-electron chi connectivity index (χ0n) is 11.8. The van der Waals surface area contributed by atoms with Crippen molar-refractivity contribution >= 4 is 11.6 Å². The zero-order valence-corrected chi connectivity index (χ0v) is 11.8. The van der Waals surface area contributed by atoms with Crippen molar-refractivity contribution in [2.24, 2.45) is 11.1 Å². The molecule has 108 valence electrons. The van der Waals surface area contributed by atoms with Gasteiger partial charge in [-0.25, -0.2) is 0 Å². The highest BCUT2D eigenvalue weighted by Crippen LogP contribution is 2.31. The third-order valence-corrected chi connectivity index (χ3v) is 4.00. The molecule has 1 aromatic carbocycles. The van der Waals surface area contributed by atoms with Gasteiger partial charge < -0.3 is 10.6 Å². The fourth-order valence-electron chi connectivity index (χ4n) is 2.60. The first-order valence-electron chi connectivity index (χ1n) is 6.61. The Morgan fingerprint density at radius 3 is 2.80 bits per heavy atom. The third kappa shape index (κ3) is 2.51. The van der Waals surface area contributed by atoms with E-state index in [9.17, 15) is 14.9 Å². The predicted octanol–water partition coefficient (Wildman–Crippen LogP) is 1.71. The molecule has 0 bridgehead atoms. The molecule has 1 heterocycles. The molecule has 1 unspecified atom stereocenters. The maximum atomic E-state index is 12.6. The molecule has 2 N–H and O–H groups in total. The molecule has 0 saturated carbocycles. The zero-order chi connectivity index (χ0) is 14.9. The predicted molar refractivity (Wildman–Crippen MR) is 75.5 cm³/mol. The molecule has 2 rings (SSSR count). The number of nitrogens with zero attached hydrogens (tertiary/aromatic N) is 2. The minimum Gasteiger partial charge on any atom is -0.338 e. The smallest absolute Gasteiger partial charge is 0.282 e. The summed E-state index contributed by atoms with van der Waals surface area (Å²) in [6, 6.07) is 4.69. The monoisotopic (exact) mass is 277 g/mol. The van der Waals surface area contributed by atoms with Gasteiger partial charge in [-0.2, -0.15) is 0 Å². The van der Waals surface area contributed by atoms with Gasteiger partial charge in [-0.05, 0) is 30.9 Å². The van der Waals surface area contributed by atoms with E-state index in [-0.39, 0.29) is 22.6 Å². The van der Waals surface area contributed by atoms with E-state index >= 15 is 0 Å². The molecule has 0 aromatic heterocycles. The number of amides is 1. The van der Waals surface area contributed by atoms with Gasteiger partial charge in [0.05, 0.1) is 4.92 Å². The van der Waals surface area contributed by atoms with Crippen LogP contribution in [-0.4, -0.2) is 35.4 Å². The molecule has 1 aromatic rings. The maximum absolute atomic E-state index is 12.6. The lowest BCUT2D eigenvalue weighted by Crippen LogP contribution is -2.35. The van der Waals surface area contributed by atoms with Gasteiger partial charge in [0.2, 0.25) is 0 Å². The van der Waals surface area contributed by atoms with E-state index in [0.717, 1.165) is 6.42 Å².